The van der Waals surface area contributed by atoms with Crippen LogP contribution in [0.15, 0.2) is 47.0 Å². The van der Waals surface area contributed by atoms with E-state index in [9.17, 15) is 18.0 Å². The van der Waals surface area contributed by atoms with Crippen LogP contribution in [-0.4, -0.2) is 11.1 Å². The number of hydrogen-bond donors (Lipinski definition) is 0. The average Bonchev–Trinajstić information content (AvgIpc) is 2.95. The number of carbonyl (C=O) groups is 1. The molecule has 3 rings (SSSR count). The number of carbonyl (C=O) groups excluding carboxylic acids is 1. The van der Waals surface area contributed by atoms with Crippen LogP contribution in [0.5, 0.6) is 5.75 Å². The van der Waals surface area contributed by atoms with Crippen LogP contribution in [0.2, 0.25) is 10.0 Å². The molecule has 27 heavy (non-hydrogen) atoms. The highest BCUT2D eigenvalue weighted by molar-refractivity contribution is 6.39. The van der Waals surface area contributed by atoms with Gasteiger partial charge >= 0.3 is 12.1 Å². The molecule has 4 nitrogen and oxygen atoms in total. The van der Waals surface area contributed by atoms with Crippen LogP contribution in [0.1, 0.15) is 21.7 Å². The minimum atomic E-state index is -4.56. The number of benzene rings is 2. The van der Waals surface area contributed by atoms with Crippen molar-refractivity contribution >= 4 is 29.2 Å². The van der Waals surface area contributed by atoms with Crippen LogP contribution in [0.3, 0.4) is 0 Å². The van der Waals surface area contributed by atoms with Crippen molar-refractivity contribution in [1.29, 1.82) is 0 Å². The van der Waals surface area contributed by atoms with Gasteiger partial charge in [-0.2, -0.15) is 13.2 Å². The molecule has 0 saturated carbocycles. The van der Waals surface area contributed by atoms with Gasteiger partial charge in [0.15, 0.2) is 0 Å². The molecule has 0 radical (unpaired) electrons. The number of esters is 1. The monoisotopic (exact) mass is 415 g/mol. The number of ether oxygens (including phenoxy) is 1. The van der Waals surface area contributed by atoms with Crippen LogP contribution >= 0.6 is 23.2 Å². The van der Waals surface area contributed by atoms with E-state index in [0.29, 0.717) is 0 Å². The van der Waals surface area contributed by atoms with Gasteiger partial charge in [-0.05, 0) is 37.3 Å². The van der Waals surface area contributed by atoms with E-state index in [1.807, 2.05) is 0 Å². The van der Waals surface area contributed by atoms with Crippen LogP contribution < -0.4 is 4.74 Å². The summed E-state index contributed by atoms with van der Waals surface area (Å²) in [4.78, 5) is 12.6. The first kappa shape index (κ1) is 19.3. The molecular weight excluding hydrogens is 406 g/mol. The molecule has 0 spiro atoms. The van der Waals surface area contributed by atoms with E-state index in [2.05, 4.69) is 5.16 Å². The second kappa shape index (κ2) is 7.25. The minimum absolute atomic E-state index is 0.0417. The molecule has 1 aromatic heterocycles. The molecule has 140 valence electrons. The molecule has 0 saturated heterocycles. The molecule has 0 aliphatic rings. The molecule has 0 N–H and O–H groups in total. The van der Waals surface area contributed by atoms with Crippen molar-refractivity contribution in [3.8, 4) is 17.0 Å². The van der Waals surface area contributed by atoms with Crippen molar-refractivity contribution in [2.45, 2.75) is 13.1 Å². The molecule has 0 fully saturated rings. The molecule has 0 amide bonds. The lowest BCUT2D eigenvalue weighted by Gasteiger charge is -2.10. The maximum absolute atomic E-state index is 12.8. The van der Waals surface area contributed by atoms with Gasteiger partial charge in [0.1, 0.15) is 22.8 Å². The van der Waals surface area contributed by atoms with Gasteiger partial charge in [-0.3, -0.25) is 0 Å². The fourth-order valence-corrected chi connectivity index (χ4v) is 2.98. The van der Waals surface area contributed by atoms with E-state index >= 15 is 0 Å². The Labute approximate surface area is 161 Å². The number of halogens is 5. The first-order valence-electron chi connectivity index (χ1n) is 7.48. The van der Waals surface area contributed by atoms with E-state index < -0.39 is 17.7 Å². The Morgan fingerprint density at radius 2 is 1.74 bits per heavy atom. The van der Waals surface area contributed by atoms with Crippen molar-refractivity contribution in [3.05, 3.63) is 69.4 Å². The van der Waals surface area contributed by atoms with Crippen LogP contribution in [0.4, 0.5) is 13.2 Å². The first-order valence-corrected chi connectivity index (χ1v) is 8.24. The maximum Gasteiger partial charge on any atom is 0.416 e. The van der Waals surface area contributed by atoms with Gasteiger partial charge < -0.3 is 9.26 Å². The van der Waals surface area contributed by atoms with Crippen molar-refractivity contribution in [1.82, 2.24) is 5.16 Å². The summed E-state index contributed by atoms with van der Waals surface area (Å²) >= 11 is 12.3. The smallest absolute Gasteiger partial charge is 0.416 e. The standard InChI is InChI=1S/C18H10Cl2F3NO3/c1-9-14(16(24-27-9)15-12(19)6-3-7-13(15)20)17(25)26-11-5-2-4-10(8-11)18(21,22)23/h2-8H,1H3. The van der Waals surface area contributed by atoms with Crippen LogP contribution in [-0.2, 0) is 6.18 Å². The van der Waals surface area contributed by atoms with Gasteiger partial charge in [-0.25, -0.2) is 4.79 Å². The fraction of sp³-hybridized carbons (Fsp3) is 0.111. The Morgan fingerprint density at radius 3 is 2.37 bits per heavy atom. The second-order valence-corrected chi connectivity index (χ2v) is 6.29. The predicted octanol–water partition coefficient (Wildman–Crippen LogP) is 6.19. The van der Waals surface area contributed by atoms with E-state index in [4.69, 9.17) is 32.5 Å². The highest BCUT2D eigenvalue weighted by Crippen LogP contribution is 2.37. The number of hydrogen-bond acceptors (Lipinski definition) is 4. The molecule has 2 aromatic carbocycles. The fourth-order valence-electron chi connectivity index (χ4n) is 2.40. The Bertz CT molecular complexity index is 995. The van der Waals surface area contributed by atoms with Gasteiger partial charge in [0.2, 0.25) is 0 Å². The van der Waals surface area contributed by atoms with E-state index in [-0.39, 0.29) is 38.4 Å². The molecule has 1 heterocycles. The predicted molar refractivity (Wildman–Crippen MR) is 93.1 cm³/mol. The Hall–Kier alpha value is -2.51. The third kappa shape index (κ3) is 3.94. The SMILES string of the molecule is Cc1onc(-c2c(Cl)cccc2Cl)c1C(=O)Oc1cccc(C(F)(F)F)c1. The number of nitrogens with zero attached hydrogens (tertiary/aromatic N) is 1. The number of alkyl halides is 3. The number of rotatable bonds is 3. The van der Waals surface area contributed by atoms with Gasteiger partial charge in [0, 0.05) is 5.56 Å². The highest BCUT2D eigenvalue weighted by atomic mass is 35.5. The van der Waals surface area contributed by atoms with Crippen LogP contribution in [0, 0.1) is 6.92 Å². The molecule has 0 unspecified atom stereocenters. The third-order valence-electron chi connectivity index (χ3n) is 3.64. The molecule has 0 aliphatic carbocycles. The van der Waals surface area contributed by atoms with E-state index in [1.54, 1.807) is 18.2 Å². The largest absolute Gasteiger partial charge is 0.423 e. The minimum Gasteiger partial charge on any atom is -0.423 e. The topological polar surface area (TPSA) is 52.3 Å². The lowest BCUT2D eigenvalue weighted by molar-refractivity contribution is -0.137. The number of aromatic nitrogens is 1. The summed E-state index contributed by atoms with van der Waals surface area (Å²) < 4.78 is 48.6. The van der Waals surface area contributed by atoms with Crippen molar-refractivity contribution in [2.75, 3.05) is 0 Å². The molecule has 9 heteroatoms. The quantitative estimate of drug-likeness (QED) is 0.377. The van der Waals surface area contributed by atoms with Gasteiger partial charge in [-0.1, -0.05) is 40.5 Å². The Balaban J connectivity index is 1.99. The molecule has 0 bridgehead atoms. The summed E-state index contributed by atoms with van der Waals surface area (Å²) in [7, 11) is 0. The zero-order valence-electron chi connectivity index (χ0n) is 13.6. The van der Waals surface area contributed by atoms with Gasteiger partial charge in [0.25, 0.3) is 0 Å². The van der Waals surface area contributed by atoms with Gasteiger partial charge in [-0.15, -0.1) is 0 Å². The average molecular weight is 416 g/mol. The van der Waals surface area contributed by atoms with Crippen molar-refractivity contribution in [2.24, 2.45) is 0 Å². The van der Waals surface area contributed by atoms with Crippen molar-refractivity contribution in [3.63, 3.8) is 0 Å². The summed E-state index contributed by atoms with van der Waals surface area (Å²) in [6.07, 6.45) is -4.56. The van der Waals surface area contributed by atoms with Crippen LogP contribution in [0.25, 0.3) is 11.3 Å². The summed E-state index contributed by atoms with van der Waals surface area (Å²) in [5.41, 5.74) is -0.722. The molecule has 3 aromatic rings. The molecular formula is C18H10Cl2F3NO3. The van der Waals surface area contributed by atoms with Crippen molar-refractivity contribution < 1.29 is 27.2 Å². The second-order valence-electron chi connectivity index (χ2n) is 5.47. The molecule has 0 atom stereocenters. The zero-order valence-corrected chi connectivity index (χ0v) is 15.1. The summed E-state index contributed by atoms with van der Waals surface area (Å²) in [6, 6.07) is 8.68. The van der Waals surface area contributed by atoms with E-state index in [1.165, 1.54) is 13.0 Å². The Morgan fingerprint density at radius 1 is 1.11 bits per heavy atom. The highest BCUT2D eigenvalue weighted by Gasteiger charge is 2.31. The summed E-state index contributed by atoms with van der Waals surface area (Å²) in [6.45, 7) is 1.46. The Kier molecular flexibility index (Phi) is 5.17. The number of aryl methyl sites for hydroxylation is 1. The summed E-state index contributed by atoms with van der Waals surface area (Å²) in [5, 5.41) is 4.25. The maximum atomic E-state index is 12.8. The lowest BCUT2D eigenvalue weighted by Crippen LogP contribution is -2.12. The normalized spacial score (nSPS) is 11.5. The lowest BCUT2D eigenvalue weighted by atomic mass is 10.1. The first-order chi connectivity index (χ1) is 12.7. The third-order valence-corrected chi connectivity index (χ3v) is 4.27. The van der Waals surface area contributed by atoms with Gasteiger partial charge in [0.05, 0.1) is 15.6 Å². The van der Waals surface area contributed by atoms with E-state index in [0.717, 1.165) is 18.2 Å². The summed E-state index contributed by atoms with van der Waals surface area (Å²) in [5.74, 6) is -1.11. The zero-order chi connectivity index (χ0) is 19.8. The molecule has 0 aliphatic heterocycles.